The fraction of sp³-hybridized carbons (Fsp3) is 0.667. The van der Waals surface area contributed by atoms with Crippen LogP contribution in [0.25, 0.3) is 0 Å². The molecule has 2 rings (SSSR count). The van der Waals surface area contributed by atoms with E-state index in [1.54, 1.807) is 7.11 Å². The standard InChI is InChI=1S/C18H30N2O/c1-5-14-7-6-8-16(11-14)19-17-12-15(13-20(2)3)9-10-18(17)21-4/h9-10,12,14,16,19H,5-8,11,13H2,1-4H3. The summed E-state index contributed by atoms with van der Waals surface area (Å²) in [6.07, 6.45) is 6.60. The molecule has 1 saturated carbocycles. The highest BCUT2D eigenvalue weighted by Crippen LogP contribution is 2.32. The molecule has 0 aliphatic heterocycles. The second-order valence-corrected chi connectivity index (χ2v) is 6.55. The summed E-state index contributed by atoms with van der Waals surface area (Å²) in [6, 6.07) is 7.07. The van der Waals surface area contributed by atoms with Gasteiger partial charge in [0.15, 0.2) is 0 Å². The minimum atomic E-state index is 0.590. The van der Waals surface area contributed by atoms with Gasteiger partial charge in [-0.05, 0) is 50.6 Å². The summed E-state index contributed by atoms with van der Waals surface area (Å²) < 4.78 is 5.52. The van der Waals surface area contributed by atoms with E-state index in [0.29, 0.717) is 6.04 Å². The summed E-state index contributed by atoms with van der Waals surface area (Å²) in [5.74, 6) is 1.84. The van der Waals surface area contributed by atoms with Crippen molar-refractivity contribution in [1.29, 1.82) is 0 Å². The molecule has 118 valence electrons. The van der Waals surface area contributed by atoms with Crippen molar-refractivity contribution in [2.45, 2.75) is 51.6 Å². The Morgan fingerprint density at radius 3 is 2.76 bits per heavy atom. The maximum Gasteiger partial charge on any atom is 0.141 e. The van der Waals surface area contributed by atoms with Crippen LogP contribution < -0.4 is 10.1 Å². The first-order valence-electron chi connectivity index (χ1n) is 8.20. The summed E-state index contributed by atoms with van der Waals surface area (Å²) >= 11 is 0. The molecule has 3 nitrogen and oxygen atoms in total. The molecule has 2 atom stereocenters. The lowest BCUT2D eigenvalue weighted by Gasteiger charge is -2.30. The fourth-order valence-electron chi connectivity index (χ4n) is 3.34. The van der Waals surface area contributed by atoms with Gasteiger partial charge in [-0.25, -0.2) is 0 Å². The van der Waals surface area contributed by atoms with E-state index in [1.165, 1.54) is 37.7 Å². The molecule has 0 amide bonds. The Morgan fingerprint density at radius 1 is 1.29 bits per heavy atom. The van der Waals surface area contributed by atoms with Crippen LogP contribution in [-0.2, 0) is 6.54 Å². The first-order chi connectivity index (χ1) is 10.1. The van der Waals surface area contributed by atoms with Crippen LogP contribution in [0.2, 0.25) is 0 Å². The molecule has 1 fully saturated rings. The van der Waals surface area contributed by atoms with Gasteiger partial charge in [-0.2, -0.15) is 0 Å². The zero-order valence-electron chi connectivity index (χ0n) is 14.0. The van der Waals surface area contributed by atoms with Gasteiger partial charge in [0.05, 0.1) is 12.8 Å². The second kappa shape index (κ2) is 7.69. The van der Waals surface area contributed by atoms with E-state index in [-0.39, 0.29) is 0 Å². The maximum absolute atomic E-state index is 5.52. The molecule has 0 bridgehead atoms. The molecule has 21 heavy (non-hydrogen) atoms. The third-order valence-electron chi connectivity index (χ3n) is 4.48. The number of benzene rings is 1. The Morgan fingerprint density at radius 2 is 2.10 bits per heavy atom. The Labute approximate surface area is 129 Å². The van der Waals surface area contributed by atoms with E-state index in [4.69, 9.17) is 4.74 Å². The van der Waals surface area contributed by atoms with Crippen LogP contribution >= 0.6 is 0 Å². The van der Waals surface area contributed by atoms with E-state index >= 15 is 0 Å². The Balaban J connectivity index is 2.09. The molecule has 0 radical (unpaired) electrons. The van der Waals surface area contributed by atoms with E-state index in [2.05, 4.69) is 49.4 Å². The predicted octanol–water partition coefficient (Wildman–Crippen LogP) is 4.14. The highest BCUT2D eigenvalue weighted by atomic mass is 16.5. The molecule has 1 aromatic rings. The average molecular weight is 290 g/mol. The summed E-state index contributed by atoms with van der Waals surface area (Å²) in [4.78, 5) is 2.19. The number of rotatable bonds is 6. The number of hydrogen-bond acceptors (Lipinski definition) is 3. The van der Waals surface area contributed by atoms with Crippen molar-refractivity contribution in [2.75, 3.05) is 26.5 Å². The first-order valence-corrected chi connectivity index (χ1v) is 8.20. The van der Waals surface area contributed by atoms with Crippen LogP contribution in [0.5, 0.6) is 5.75 Å². The van der Waals surface area contributed by atoms with Gasteiger partial charge in [-0.3, -0.25) is 0 Å². The monoisotopic (exact) mass is 290 g/mol. The van der Waals surface area contributed by atoms with E-state index in [9.17, 15) is 0 Å². The van der Waals surface area contributed by atoms with Crippen molar-refractivity contribution < 1.29 is 4.74 Å². The number of ether oxygens (including phenoxy) is 1. The molecule has 1 aromatic carbocycles. The first kappa shape index (κ1) is 16.2. The van der Waals surface area contributed by atoms with E-state index in [1.807, 2.05) is 0 Å². The van der Waals surface area contributed by atoms with Crippen molar-refractivity contribution in [2.24, 2.45) is 5.92 Å². The summed E-state index contributed by atoms with van der Waals surface area (Å²) in [6.45, 7) is 3.27. The minimum absolute atomic E-state index is 0.590. The fourth-order valence-corrected chi connectivity index (χ4v) is 3.34. The van der Waals surface area contributed by atoms with Crippen LogP contribution in [0.1, 0.15) is 44.6 Å². The van der Waals surface area contributed by atoms with Crippen molar-refractivity contribution >= 4 is 5.69 Å². The van der Waals surface area contributed by atoms with Crippen LogP contribution in [0, 0.1) is 5.92 Å². The predicted molar refractivity (Wildman–Crippen MR) is 90.0 cm³/mol. The third-order valence-corrected chi connectivity index (χ3v) is 4.48. The van der Waals surface area contributed by atoms with Crippen LogP contribution in [0.15, 0.2) is 18.2 Å². The van der Waals surface area contributed by atoms with Gasteiger partial charge in [0.2, 0.25) is 0 Å². The van der Waals surface area contributed by atoms with Gasteiger partial charge in [-0.1, -0.05) is 32.3 Å². The Kier molecular flexibility index (Phi) is 5.92. The molecule has 2 unspecified atom stereocenters. The normalized spacial score (nSPS) is 22.3. The smallest absolute Gasteiger partial charge is 0.141 e. The van der Waals surface area contributed by atoms with Crippen molar-refractivity contribution in [3.05, 3.63) is 23.8 Å². The van der Waals surface area contributed by atoms with Crippen LogP contribution in [0.3, 0.4) is 0 Å². The lowest BCUT2D eigenvalue weighted by molar-refractivity contribution is 0.326. The van der Waals surface area contributed by atoms with Gasteiger partial charge in [0, 0.05) is 12.6 Å². The lowest BCUT2D eigenvalue weighted by Crippen LogP contribution is -2.27. The van der Waals surface area contributed by atoms with Crippen molar-refractivity contribution in [1.82, 2.24) is 4.90 Å². The largest absolute Gasteiger partial charge is 0.495 e. The minimum Gasteiger partial charge on any atom is -0.495 e. The van der Waals surface area contributed by atoms with Crippen LogP contribution in [0.4, 0.5) is 5.69 Å². The summed E-state index contributed by atoms with van der Waals surface area (Å²) in [7, 11) is 5.95. The molecular formula is C18H30N2O. The zero-order chi connectivity index (χ0) is 15.2. The van der Waals surface area contributed by atoms with Crippen LogP contribution in [-0.4, -0.2) is 32.1 Å². The number of nitrogens with zero attached hydrogens (tertiary/aromatic N) is 1. The third kappa shape index (κ3) is 4.63. The molecule has 0 saturated heterocycles. The number of hydrogen-bond donors (Lipinski definition) is 1. The Hall–Kier alpha value is -1.22. The zero-order valence-corrected chi connectivity index (χ0v) is 14.0. The van der Waals surface area contributed by atoms with E-state index < -0.39 is 0 Å². The molecule has 0 aromatic heterocycles. The SMILES string of the molecule is CCC1CCCC(Nc2cc(CN(C)C)ccc2OC)C1. The van der Waals surface area contributed by atoms with Gasteiger partial charge >= 0.3 is 0 Å². The second-order valence-electron chi connectivity index (χ2n) is 6.55. The van der Waals surface area contributed by atoms with Gasteiger partial charge < -0.3 is 15.0 Å². The van der Waals surface area contributed by atoms with Gasteiger partial charge in [0.1, 0.15) is 5.75 Å². The molecule has 1 N–H and O–H groups in total. The molecule has 0 heterocycles. The average Bonchev–Trinajstić information content (AvgIpc) is 2.47. The van der Waals surface area contributed by atoms with Gasteiger partial charge in [-0.15, -0.1) is 0 Å². The lowest BCUT2D eigenvalue weighted by atomic mass is 9.84. The van der Waals surface area contributed by atoms with Gasteiger partial charge in [0.25, 0.3) is 0 Å². The highest BCUT2D eigenvalue weighted by molar-refractivity contribution is 5.58. The number of nitrogens with one attached hydrogen (secondary N) is 1. The quantitative estimate of drug-likeness (QED) is 0.852. The number of methoxy groups -OCH3 is 1. The highest BCUT2D eigenvalue weighted by Gasteiger charge is 2.21. The molecule has 1 aliphatic rings. The molecule has 0 spiro atoms. The topological polar surface area (TPSA) is 24.5 Å². The molecule has 1 aliphatic carbocycles. The Bertz CT molecular complexity index is 445. The maximum atomic E-state index is 5.52. The summed E-state index contributed by atoms with van der Waals surface area (Å²) in [5.41, 5.74) is 2.48. The van der Waals surface area contributed by atoms with E-state index in [0.717, 1.165) is 23.9 Å². The number of anilines is 1. The summed E-state index contributed by atoms with van der Waals surface area (Å²) in [5, 5.41) is 3.73. The van der Waals surface area contributed by atoms with Crippen molar-refractivity contribution in [3.8, 4) is 5.75 Å². The van der Waals surface area contributed by atoms with Crippen molar-refractivity contribution in [3.63, 3.8) is 0 Å². The molecule has 3 heteroatoms. The molecular weight excluding hydrogens is 260 g/mol.